The van der Waals surface area contributed by atoms with Crippen molar-refractivity contribution in [2.24, 2.45) is 5.92 Å². The summed E-state index contributed by atoms with van der Waals surface area (Å²) in [7, 11) is 3.77. The van der Waals surface area contributed by atoms with E-state index in [0.717, 1.165) is 6.42 Å². The smallest absolute Gasteiger partial charge is 0.0746 e. The third-order valence-electron chi connectivity index (χ3n) is 2.14. The molecule has 0 radical (unpaired) electrons. The van der Waals surface area contributed by atoms with Crippen LogP contribution in [0.3, 0.4) is 0 Å². The van der Waals surface area contributed by atoms with Crippen LogP contribution < -0.4 is 5.32 Å². The van der Waals surface area contributed by atoms with Crippen LogP contribution in [0.4, 0.5) is 0 Å². The maximum Gasteiger partial charge on any atom is 0.0746 e. The molecule has 2 atom stereocenters. The Morgan fingerprint density at radius 1 is 1.36 bits per heavy atom. The summed E-state index contributed by atoms with van der Waals surface area (Å²) in [5.41, 5.74) is 0. The summed E-state index contributed by atoms with van der Waals surface area (Å²) < 4.78 is 5.39. The lowest BCUT2D eigenvalue weighted by Gasteiger charge is -2.27. The molecular weight excluding hydrogens is 138 g/mol. The fourth-order valence-electron chi connectivity index (χ4n) is 1.50. The van der Waals surface area contributed by atoms with Crippen LogP contribution in [0.2, 0.25) is 0 Å². The van der Waals surface area contributed by atoms with Crippen molar-refractivity contribution in [2.45, 2.75) is 39.3 Å². The van der Waals surface area contributed by atoms with E-state index in [0.29, 0.717) is 18.1 Å². The van der Waals surface area contributed by atoms with E-state index in [4.69, 9.17) is 4.74 Å². The average Bonchev–Trinajstić information content (AvgIpc) is 1.99. The molecule has 0 saturated carbocycles. The summed E-state index contributed by atoms with van der Waals surface area (Å²) in [6, 6.07) is 0.486. The molecule has 2 unspecified atom stereocenters. The second-order valence-electron chi connectivity index (χ2n) is 3.25. The van der Waals surface area contributed by atoms with Gasteiger partial charge in [-0.05, 0) is 19.4 Å². The summed E-state index contributed by atoms with van der Waals surface area (Å²) in [5.74, 6) is 0.581. The van der Waals surface area contributed by atoms with E-state index in [1.54, 1.807) is 7.11 Å². The first-order valence-corrected chi connectivity index (χ1v) is 4.37. The van der Waals surface area contributed by atoms with Gasteiger partial charge >= 0.3 is 0 Å². The summed E-state index contributed by atoms with van der Waals surface area (Å²) in [5, 5.41) is 3.26. The molecule has 0 fully saturated rings. The van der Waals surface area contributed by atoms with Gasteiger partial charge in [0.05, 0.1) is 6.10 Å². The largest absolute Gasteiger partial charge is 0.380 e. The molecule has 2 heteroatoms. The highest BCUT2D eigenvalue weighted by molar-refractivity contribution is 4.76. The number of hydrogen-bond donors (Lipinski definition) is 1. The summed E-state index contributed by atoms with van der Waals surface area (Å²) in [4.78, 5) is 0. The van der Waals surface area contributed by atoms with Gasteiger partial charge in [-0.1, -0.05) is 20.8 Å². The quantitative estimate of drug-likeness (QED) is 0.658. The molecule has 0 aromatic heterocycles. The molecule has 68 valence electrons. The molecule has 1 N–H and O–H groups in total. The Morgan fingerprint density at radius 2 is 1.91 bits per heavy atom. The van der Waals surface area contributed by atoms with Crippen molar-refractivity contribution in [1.82, 2.24) is 5.32 Å². The Labute approximate surface area is 70.3 Å². The van der Waals surface area contributed by atoms with Crippen molar-refractivity contribution in [3.8, 4) is 0 Å². The zero-order chi connectivity index (χ0) is 8.85. The molecule has 0 aromatic rings. The predicted octanol–water partition coefficient (Wildman–Crippen LogP) is 1.66. The molecule has 0 aromatic carbocycles. The summed E-state index contributed by atoms with van der Waals surface area (Å²) in [6.45, 7) is 6.55. The average molecular weight is 159 g/mol. The predicted molar refractivity (Wildman–Crippen MR) is 48.8 cm³/mol. The monoisotopic (exact) mass is 159 g/mol. The van der Waals surface area contributed by atoms with Gasteiger partial charge in [0.25, 0.3) is 0 Å². The molecule has 0 bridgehead atoms. The second-order valence-corrected chi connectivity index (χ2v) is 3.25. The standard InChI is InChI=1S/C9H21NO/c1-6-8(10-4)9(11-5)7(2)3/h7-10H,6H2,1-5H3. The number of ether oxygens (including phenoxy) is 1. The number of likely N-dealkylation sites (N-methyl/N-ethyl adjacent to an activating group) is 1. The highest BCUT2D eigenvalue weighted by Gasteiger charge is 2.20. The highest BCUT2D eigenvalue weighted by Crippen LogP contribution is 2.12. The minimum Gasteiger partial charge on any atom is -0.380 e. The molecule has 0 aliphatic rings. The lowest BCUT2D eigenvalue weighted by atomic mass is 9.98. The van der Waals surface area contributed by atoms with Crippen molar-refractivity contribution in [3.05, 3.63) is 0 Å². The third kappa shape index (κ3) is 3.21. The Bertz CT molecular complexity index is 89.6. The van der Waals surface area contributed by atoms with Gasteiger partial charge in [0.1, 0.15) is 0 Å². The van der Waals surface area contributed by atoms with Crippen LogP contribution in [0.1, 0.15) is 27.2 Å². The first-order valence-electron chi connectivity index (χ1n) is 4.37. The van der Waals surface area contributed by atoms with Crippen LogP contribution in [0, 0.1) is 5.92 Å². The van der Waals surface area contributed by atoms with E-state index in [2.05, 4.69) is 26.1 Å². The van der Waals surface area contributed by atoms with E-state index in [1.165, 1.54) is 0 Å². The first kappa shape index (κ1) is 10.9. The maximum atomic E-state index is 5.39. The van der Waals surface area contributed by atoms with Gasteiger partial charge in [0, 0.05) is 13.2 Å². The lowest BCUT2D eigenvalue weighted by Crippen LogP contribution is -2.41. The van der Waals surface area contributed by atoms with Crippen molar-refractivity contribution < 1.29 is 4.74 Å². The fraction of sp³-hybridized carbons (Fsp3) is 1.00. The van der Waals surface area contributed by atoms with E-state index in [-0.39, 0.29) is 0 Å². The minimum atomic E-state index is 0.338. The van der Waals surface area contributed by atoms with E-state index < -0.39 is 0 Å². The normalized spacial score (nSPS) is 16.9. The zero-order valence-electron chi connectivity index (χ0n) is 8.35. The van der Waals surface area contributed by atoms with E-state index in [9.17, 15) is 0 Å². The van der Waals surface area contributed by atoms with Gasteiger partial charge in [-0.25, -0.2) is 0 Å². The van der Waals surface area contributed by atoms with Crippen LogP contribution in [-0.4, -0.2) is 26.3 Å². The molecule has 0 spiro atoms. The topological polar surface area (TPSA) is 21.3 Å². The SMILES string of the molecule is CCC(NC)C(OC)C(C)C. The molecule has 2 nitrogen and oxygen atoms in total. The van der Waals surface area contributed by atoms with Crippen LogP contribution >= 0.6 is 0 Å². The second kappa shape index (κ2) is 5.56. The van der Waals surface area contributed by atoms with Gasteiger partial charge in [0.15, 0.2) is 0 Å². The van der Waals surface area contributed by atoms with Crippen molar-refractivity contribution in [3.63, 3.8) is 0 Å². The van der Waals surface area contributed by atoms with Gasteiger partial charge < -0.3 is 10.1 Å². The maximum absolute atomic E-state index is 5.39. The zero-order valence-corrected chi connectivity index (χ0v) is 8.35. The summed E-state index contributed by atoms with van der Waals surface area (Å²) in [6.07, 6.45) is 1.46. The molecule has 0 heterocycles. The fourth-order valence-corrected chi connectivity index (χ4v) is 1.50. The first-order chi connectivity index (χ1) is 5.17. The van der Waals surface area contributed by atoms with E-state index >= 15 is 0 Å². The van der Waals surface area contributed by atoms with Crippen LogP contribution in [0.15, 0.2) is 0 Å². The Hall–Kier alpha value is -0.0800. The molecule has 0 aliphatic carbocycles. The van der Waals surface area contributed by atoms with Crippen LogP contribution in [0.5, 0.6) is 0 Å². The van der Waals surface area contributed by atoms with Gasteiger partial charge in [-0.2, -0.15) is 0 Å². The highest BCUT2D eigenvalue weighted by atomic mass is 16.5. The molecule has 11 heavy (non-hydrogen) atoms. The number of rotatable bonds is 5. The third-order valence-corrected chi connectivity index (χ3v) is 2.14. The Morgan fingerprint density at radius 3 is 2.00 bits per heavy atom. The molecular formula is C9H21NO. The molecule has 0 saturated heterocycles. The summed E-state index contributed by atoms with van der Waals surface area (Å²) >= 11 is 0. The number of nitrogens with one attached hydrogen (secondary N) is 1. The molecule has 0 amide bonds. The number of hydrogen-bond acceptors (Lipinski definition) is 2. The van der Waals surface area contributed by atoms with Crippen molar-refractivity contribution >= 4 is 0 Å². The lowest BCUT2D eigenvalue weighted by molar-refractivity contribution is 0.0343. The van der Waals surface area contributed by atoms with Gasteiger partial charge in [0.2, 0.25) is 0 Å². The Kier molecular flexibility index (Phi) is 5.51. The Balaban J connectivity index is 3.98. The molecule has 0 aliphatic heterocycles. The van der Waals surface area contributed by atoms with E-state index in [1.807, 2.05) is 7.05 Å². The van der Waals surface area contributed by atoms with Crippen LogP contribution in [0.25, 0.3) is 0 Å². The van der Waals surface area contributed by atoms with Gasteiger partial charge in [-0.3, -0.25) is 0 Å². The van der Waals surface area contributed by atoms with Crippen molar-refractivity contribution in [1.29, 1.82) is 0 Å². The number of methoxy groups -OCH3 is 1. The van der Waals surface area contributed by atoms with Crippen molar-refractivity contribution in [2.75, 3.05) is 14.2 Å². The van der Waals surface area contributed by atoms with Crippen LogP contribution in [-0.2, 0) is 4.74 Å². The molecule has 0 rings (SSSR count). The minimum absolute atomic E-state index is 0.338. The van der Waals surface area contributed by atoms with Gasteiger partial charge in [-0.15, -0.1) is 0 Å².